The van der Waals surface area contributed by atoms with Gasteiger partial charge in [0.15, 0.2) is 0 Å². The molecule has 0 aliphatic carbocycles. The number of nitrogens with one attached hydrogen (secondary N) is 1. The highest BCUT2D eigenvalue weighted by molar-refractivity contribution is 7.91. The number of amides is 1. The highest BCUT2D eigenvalue weighted by Crippen LogP contribution is 2.16. The predicted octanol–water partition coefficient (Wildman–Crippen LogP) is 3.91. The summed E-state index contributed by atoms with van der Waals surface area (Å²) in [6, 6.07) is -0.0779. The van der Waals surface area contributed by atoms with E-state index in [4.69, 9.17) is 0 Å². The van der Waals surface area contributed by atoms with E-state index in [0.29, 0.717) is 0 Å². The van der Waals surface area contributed by atoms with Gasteiger partial charge in [-0.3, -0.25) is 4.79 Å². The lowest BCUT2D eigenvalue weighted by Gasteiger charge is -2.18. The van der Waals surface area contributed by atoms with Crippen LogP contribution in [0.15, 0.2) is 9.33 Å². The lowest BCUT2D eigenvalue weighted by Crippen LogP contribution is -2.35. The number of aromatic nitrogens is 2. The smallest absolute Gasteiger partial charge is 0.270 e. The van der Waals surface area contributed by atoms with Crippen molar-refractivity contribution in [1.82, 2.24) is 14.5 Å². The van der Waals surface area contributed by atoms with Crippen molar-refractivity contribution in [3.8, 4) is 0 Å². The molecule has 1 unspecified atom stereocenters. The van der Waals surface area contributed by atoms with E-state index in [1.807, 2.05) is 0 Å². The Kier molecular flexibility index (Phi) is 11.8. The third-order valence-corrected chi connectivity index (χ3v) is 7.44. The van der Waals surface area contributed by atoms with Crippen LogP contribution in [0, 0.1) is 0 Å². The number of hydrogen-bond acceptors (Lipinski definition) is 5. The van der Waals surface area contributed by atoms with E-state index in [2.05, 4.69) is 28.7 Å². The van der Waals surface area contributed by atoms with Gasteiger partial charge in [0.25, 0.3) is 10.0 Å². The van der Waals surface area contributed by atoms with Gasteiger partial charge in [0, 0.05) is 20.0 Å². The highest BCUT2D eigenvalue weighted by atomic mass is 32.2. The van der Waals surface area contributed by atoms with Crippen LogP contribution in [0.3, 0.4) is 0 Å². The van der Waals surface area contributed by atoms with Gasteiger partial charge in [0.1, 0.15) is 0 Å². The summed E-state index contributed by atoms with van der Waals surface area (Å²) in [4.78, 5) is 15.3. The molecule has 0 spiro atoms. The van der Waals surface area contributed by atoms with Crippen molar-refractivity contribution in [1.29, 1.82) is 0 Å². The molecule has 0 radical (unpaired) electrons. The second-order valence-corrected chi connectivity index (χ2v) is 10.1. The van der Waals surface area contributed by atoms with E-state index in [0.717, 1.165) is 56.3 Å². The summed E-state index contributed by atoms with van der Waals surface area (Å²) in [6.07, 6.45) is 11.9. The van der Waals surface area contributed by atoms with Crippen LogP contribution in [0.5, 0.6) is 0 Å². The van der Waals surface area contributed by atoms with E-state index < -0.39 is 10.0 Å². The zero-order chi connectivity index (χ0) is 21.0. The minimum atomic E-state index is -3.72. The molecule has 1 atom stereocenters. The Labute approximate surface area is 173 Å². The lowest BCUT2D eigenvalue weighted by atomic mass is 10.0. The molecule has 7 nitrogen and oxygen atoms in total. The van der Waals surface area contributed by atoms with Gasteiger partial charge in [-0.05, 0) is 12.8 Å². The normalized spacial score (nSPS) is 13.8. The second-order valence-electron chi connectivity index (χ2n) is 7.28. The van der Waals surface area contributed by atoms with E-state index in [1.165, 1.54) is 37.3 Å². The summed E-state index contributed by atoms with van der Waals surface area (Å²) in [5.41, 5.74) is 0. The minimum absolute atomic E-state index is 0.0421. The summed E-state index contributed by atoms with van der Waals surface area (Å²) in [7, 11) is -2.13. The van der Waals surface area contributed by atoms with Gasteiger partial charge in [0.2, 0.25) is 15.0 Å². The largest absolute Gasteiger partial charge is 0.273 e. The lowest BCUT2D eigenvalue weighted by molar-refractivity contribution is -0.116. The van der Waals surface area contributed by atoms with Crippen molar-refractivity contribution < 1.29 is 13.2 Å². The molecular weight excluding hydrogens is 396 g/mol. The molecule has 162 valence electrons. The first-order valence-electron chi connectivity index (χ1n) is 10.4. The fourth-order valence-electron chi connectivity index (χ4n) is 3.01. The standard InChI is InChI=1S/C19H36N4O3S2/c1-5-7-9-11-13-15-17(14-12-10-8-6-2)22-28(25,26)19-21-23(4)18(27-19)20-16(3)24/h17,22H,5-15H2,1-4H3. The van der Waals surface area contributed by atoms with Crippen LogP contribution < -0.4 is 9.52 Å². The van der Waals surface area contributed by atoms with Gasteiger partial charge in [-0.15, -0.1) is 5.10 Å². The first-order chi connectivity index (χ1) is 13.3. The van der Waals surface area contributed by atoms with Crippen LogP contribution in [-0.4, -0.2) is 30.1 Å². The molecule has 28 heavy (non-hydrogen) atoms. The molecule has 0 saturated carbocycles. The molecule has 9 heteroatoms. The summed E-state index contributed by atoms with van der Waals surface area (Å²) in [5, 5.41) is 4.06. The van der Waals surface area contributed by atoms with Crippen molar-refractivity contribution >= 4 is 27.3 Å². The fraction of sp³-hybridized carbons (Fsp3) is 0.842. The van der Waals surface area contributed by atoms with Crippen LogP contribution in [-0.2, 0) is 21.9 Å². The molecule has 0 aliphatic rings. The topological polar surface area (TPSA) is 93.4 Å². The van der Waals surface area contributed by atoms with Crippen LogP contribution in [0.2, 0.25) is 0 Å². The Morgan fingerprint density at radius 3 is 2.14 bits per heavy atom. The molecule has 1 aromatic heterocycles. The molecular formula is C19H36N4O3S2. The molecule has 1 aromatic rings. The Morgan fingerprint density at radius 2 is 1.61 bits per heavy atom. The van der Waals surface area contributed by atoms with Crippen molar-refractivity contribution in [3.63, 3.8) is 0 Å². The van der Waals surface area contributed by atoms with Gasteiger partial charge in [-0.2, -0.15) is 4.99 Å². The highest BCUT2D eigenvalue weighted by Gasteiger charge is 2.24. The van der Waals surface area contributed by atoms with Crippen LogP contribution in [0.25, 0.3) is 0 Å². The van der Waals surface area contributed by atoms with Crippen molar-refractivity contribution in [2.45, 2.75) is 102 Å². The molecule has 1 heterocycles. The number of aryl methyl sites for hydroxylation is 1. The van der Waals surface area contributed by atoms with Gasteiger partial charge in [0.05, 0.1) is 0 Å². The number of carbonyl (C=O) groups is 1. The number of carbonyl (C=O) groups excluding carboxylic acids is 1. The molecule has 0 saturated heterocycles. The van der Waals surface area contributed by atoms with E-state index in [9.17, 15) is 13.2 Å². The Hall–Kier alpha value is -1.06. The molecule has 0 bridgehead atoms. The summed E-state index contributed by atoms with van der Waals surface area (Å²) in [5.74, 6) is -0.378. The molecule has 0 aliphatic heterocycles. The predicted molar refractivity (Wildman–Crippen MR) is 114 cm³/mol. The van der Waals surface area contributed by atoms with Crippen molar-refractivity contribution in [3.05, 3.63) is 4.80 Å². The van der Waals surface area contributed by atoms with E-state index >= 15 is 0 Å². The first-order valence-corrected chi connectivity index (χ1v) is 12.7. The van der Waals surface area contributed by atoms with Gasteiger partial charge in [-0.25, -0.2) is 17.8 Å². The fourth-order valence-corrected chi connectivity index (χ4v) is 5.49. The third kappa shape index (κ3) is 9.43. The number of hydrogen-bond donors (Lipinski definition) is 1. The number of rotatable bonds is 14. The van der Waals surface area contributed by atoms with Crippen LogP contribution in [0.1, 0.15) is 91.4 Å². The molecule has 1 N–H and O–H groups in total. The number of sulfonamides is 1. The SMILES string of the molecule is CCCCCCCC(CCCCCC)NS(=O)(=O)c1nn(C)c(=NC(C)=O)s1. The molecule has 0 fully saturated rings. The monoisotopic (exact) mass is 432 g/mol. The van der Waals surface area contributed by atoms with Gasteiger partial charge >= 0.3 is 0 Å². The van der Waals surface area contributed by atoms with Crippen LogP contribution in [0.4, 0.5) is 0 Å². The minimum Gasteiger partial charge on any atom is -0.273 e. The Morgan fingerprint density at radius 1 is 1.07 bits per heavy atom. The number of unbranched alkanes of at least 4 members (excludes halogenated alkanes) is 7. The quantitative estimate of drug-likeness (QED) is 0.451. The second kappa shape index (κ2) is 13.2. The Bertz CT molecular complexity index is 753. The van der Waals surface area contributed by atoms with Crippen molar-refractivity contribution in [2.75, 3.05) is 0 Å². The maximum Gasteiger partial charge on any atom is 0.270 e. The molecule has 1 rings (SSSR count). The summed E-state index contributed by atoms with van der Waals surface area (Å²) in [6.45, 7) is 5.68. The zero-order valence-electron chi connectivity index (χ0n) is 17.7. The summed E-state index contributed by atoms with van der Waals surface area (Å²) >= 11 is 0.918. The molecule has 1 amide bonds. The van der Waals surface area contributed by atoms with Crippen molar-refractivity contribution in [2.24, 2.45) is 12.0 Å². The van der Waals surface area contributed by atoms with Gasteiger partial charge in [-0.1, -0.05) is 83.0 Å². The Balaban J connectivity index is 2.81. The summed E-state index contributed by atoms with van der Waals surface area (Å²) < 4.78 is 29.8. The van der Waals surface area contributed by atoms with E-state index in [-0.39, 0.29) is 21.1 Å². The third-order valence-electron chi connectivity index (χ3n) is 4.55. The molecule has 0 aromatic carbocycles. The van der Waals surface area contributed by atoms with E-state index in [1.54, 1.807) is 7.05 Å². The van der Waals surface area contributed by atoms with Gasteiger partial charge < -0.3 is 0 Å². The zero-order valence-corrected chi connectivity index (χ0v) is 19.4. The average Bonchev–Trinajstić information content (AvgIpc) is 2.99. The average molecular weight is 433 g/mol. The first kappa shape index (κ1) is 25.0. The maximum atomic E-state index is 12.8. The number of nitrogens with zero attached hydrogens (tertiary/aromatic N) is 3. The maximum absolute atomic E-state index is 12.8. The van der Waals surface area contributed by atoms with Crippen LogP contribution >= 0.6 is 11.3 Å².